The molecule has 1 aliphatic carbocycles. The summed E-state index contributed by atoms with van der Waals surface area (Å²) in [6, 6.07) is 12.9. The molecule has 3 heterocycles. The van der Waals surface area contributed by atoms with Gasteiger partial charge in [0.25, 0.3) is 0 Å². The number of phenolic OH excluding ortho intramolecular Hbond substituents is 2. The summed E-state index contributed by atoms with van der Waals surface area (Å²) in [6.45, 7) is 2.30. The molecule has 2 fully saturated rings. The van der Waals surface area contributed by atoms with Crippen LogP contribution >= 0.6 is 0 Å². The van der Waals surface area contributed by atoms with Gasteiger partial charge in [0.1, 0.15) is 45.4 Å². The largest absolute Gasteiger partial charge is 0.508 e. The number of piperazine rings is 1. The molecule has 1 saturated heterocycles. The number of fused-ring (bicyclic) bond motifs is 2. The highest BCUT2D eigenvalue weighted by atomic mass is 19.1. The van der Waals surface area contributed by atoms with Gasteiger partial charge in [0.2, 0.25) is 12.2 Å². The van der Waals surface area contributed by atoms with Gasteiger partial charge in [-0.2, -0.15) is 0 Å². The highest BCUT2D eigenvalue weighted by Gasteiger charge is 2.28. The zero-order valence-corrected chi connectivity index (χ0v) is 23.9. The van der Waals surface area contributed by atoms with Gasteiger partial charge >= 0.3 is 5.97 Å². The molecule has 5 aromatic rings. The minimum Gasteiger partial charge on any atom is -0.508 e. The zero-order valence-electron chi connectivity index (χ0n) is 23.9. The van der Waals surface area contributed by atoms with Crippen molar-refractivity contribution in [2.24, 2.45) is 0 Å². The molecule has 11 nitrogen and oxygen atoms in total. The predicted molar refractivity (Wildman–Crippen MR) is 164 cm³/mol. The van der Waals surface area contributed by atoms with Gasteiger partial charge in [-0.15, -0.1) is 0 Å². The Kier molecular flexibility index (Phi) is 7.13. The summed E-state index contributed by atoms with van der Waals surface area (Å²) < 4.78 is 33.6. The van der Waals surface area contributed by atoms with Gasteiger partial charge in [0.05, 0.1) is 11.2 Å². The molecule has 45 heavy (non-hydrogen) atoms. The summed E-state index contributed by atoms with van der Waals surface area (Å²) in [5, 5.41) is 23.1. The molecule has 230 valence electrons. The Hall–Kier alpha value is -5.36. The highest BCUT2D eigenvalue weighted by Crippen LogP contribution is 2.38. The molecule has 3 aromatic carbocycles. The van der Waals surface area contributed by atoms with E-state index in [1.807, 2.05) is 9.47 Å². The van der Waals surface area contributed by atoms with Crippen LogP contribution in [0.5, 0.6) is 17.2 Å². The molecular formula is C33H28FN3O8. The number of carbonyl (C=O) groups is 1. The number of pyridine rings is 1. The standard InChI is InChI=1S/C33H28FN3O8/c34-24-13-22-25(14-26(24)36-9-7-35-8-10-36)37(19-3-4-19)16-23(32(22)41)33(42)44-17-43-21-5-1-18(2-6-21)29-15-28(40)31-27(39)11-20(38)12-30(31)45-29/h1-2,5-6,11-16,19,35,38-39H,3-4,7-10,17H2. The number of phenols is 2. The van der Waals surface area contributed by atoms with E-state index in [9.17, 15) is 24.6 Å². The first-order valence-electron chi connectivity index (χ1n) is 14.5. The van der Waals surface area contributed by atoms with Crippen molar-refractivity contribution < 1.29 is 33.3 Å². The van der Waals surface area contributed by atoms with Gasteiger partial charge in [0.15, 0.2) is 5.43 Å². The van der Waals surface area contributed by atoms with Crippen molar-refractivity contribution in [2.75, 3.05) is 37.9 Å². The second-order valence-electron chi connectivity index (χ2n) is 11.1. The van der Waals surface area contributed by atoms with E-state index in [2.05, 4.69) is 5.32 Å². The summed E-state index contributed by atoms with van der Waals surface area (Å²) in [5.74, 6) is -1.49. The number of nitrogens with one attached hydrogen (secondary N) is 1. The Bertz CT molecular complexity index is 2080. The maximum atomic E-state index is 15.2. The molecule has 1 saturated carbocycles. The van der Waals surface area contributed by atoms with E-state index in [0.717, 1.165) is 32.0 Å². The fourth-order valence-corrected chi connectivity index (χ4v) is 5.65. The van der Waals surface area contributed by atoms with Crippen LogP contribution in [0, 0.1) is 5.82 Å². The van der Waals surface area contributed by atoms with Crippen molar-refractivity contribution in [1.82, 2.24) is 9.88 Å². The first kappa shape index (κ1) is 28.4. The van der Waals surface area contributed by atoms with Crippen LogP contribution in [0.2, 0.25) is 0 Å². The topological polar surface area (TPSA) is 143 Å². The van der Waals surface area contributed by atoms with Crippen molar-refractivity contribution in [3.63, 3.8) is 0 Å². The average molecular weight is 614 g/mol. The predicted octanol–water partition coefficient (Wildman–Crippen LogP) is 4.26. The third-order valence-corrected chi connectivity index (χ3v) is 8.07. The van der Waals surface area contributed by atoms with Crippen molar-refractivity contribution >= 4 is 33.5 Å². The first-order chi connectivity index (χ1) is 21.8. The van der Waals surface area contributed by atoms with E-state index in [0.29, 0.717) is 35.6 Å². The van der Waals surface area contributed by atoms with Crippen molar-refractivity contribution in [1.29, 1.82) is 0 Å². The average Bonchev–Trinajstić information content (AvgIpc) is 3.87. The van der Waals surface area contributed by atoms with Crippen LogP contribution in [0.1, 0.15) is 29.2 Å². The van der Waals surface area contributed by atoms with Crippen molar-refractivity contribution in [3.05, 3.63) is 92.6 Å². The lowest BCUT2D eigenvalue weighted by Gasteiger charge is -2.30. The number of hydrogen-bond acceptors (Lipinski definition) is 10. The normalized spacial score (nSPS) is 15.0. The molecule has 1 aliphatic heterocycles. The second kappa shape index (κ2) is 11.3. The van der Waals surface area contributed by atoms with E-state index >= 15 is 4.39 Å². The Morgan fingerprint density at radius 2 is 1.78 bits per heavy atom. The van der Waals surface area contributed by atoms with Gasteiger partial charge < -0.3 is 38.9 Å². The number of halogens is 1. The lowest BCUT2D eigenvalue weighted by molar-refractivity contribution is 0.0152. The lowest BCUT2D eigenvalue weighted by Crippen LogP contribution is -2.43. The fourth-order valence-electron chi connectivity index (χ4n) is 5.65. The van der Waals surface area contributed by atoms with Gasteiger partial charge in [-0.05, 0) is 49.2 Å². The molecule has 2 aromatic heterocycles. The summed E-state index contributed by atoms with van der Waals surface area (Å²) in [6.07, 6.45) is 3.27. The zero-order chi connectivity index (χ0) is 31.2. The summed E-state index contributed by atoms with van der Waals surface area (Å²) in [5.41, 5.74) is 0.277. The van der Waals surface area contributed by atoms with Crippen molar-refractivity contribution in [3.8, 4) is 28.6 Å². The number of hydrogen-bond donors (Lipinski definition) is 3. The Morgan fingerprint density at radius 1 is 1.02 bits per heavy atom. The molecule has 2 aliphatic rings. The molecule has 0 bridgehead atoms. The number of benzene rings is 3. The first-order valence-corrected chi connectivity index (χ1v) is 14.5. The number of nitrogens with zero attached hydrogens (tertiary/aromatic N) is 2. The second-order valence-corrected chi connectivity index (χ2v) is 11.1. The van der Waals surface area contributed by atoms with E-state index in [1.54, 1.807) is 30.3 Å². The SMILES string of the molecule is O=C(OCOc1ccc(-c2cc(=O)c3c(O)cc(O)cc3o2)cc1)c1cn(C2CC2)c2cc(N3CCNCC3)c(F)cc2c1=O. The van der Waals surface area contributed by atoms with E-state index < -0.39 is 29.4 Å². The molecule has 3 N–H and O–H groups in total. The number of carbonyl (C=O) groups excluding carboxylic acids is 1. The lowest BCUT2D eigenvalue weighted by atomic mass is 10.1. The Balaban J connectivity index is 1.08. The van der Waals surface area contributed by atoms with Crippen molar-refractivity contribution in [2.45, 2.75) is 18.9 Å². The van der Waals surface area contributed by atoms with Crippen LogP contribution in [0.4, 0.5) is 10.1 Å². The maximum Gasteiger partial charge on any atom is 0.346 e. The number of esters is 1. The minimum absolute atomic E-state index is 0.0272. The van der Waals surface area contributed by atoms with Crippen LogP contribution in [-0.2, 0) is 4.74 Å². The number of ether oxygens (including phenoxy) is 2. The van der Waals surface area contributed by atoms with Gasteiger partial charge in [-0.1, -0.05) is 0 Å². The fraction of sp³-hybridized carbons (Fsp3) is 0.242. The van der Waals surface area contributed by atoms with Crippen LogP contribution in [0.3, 0.4) is 0 Å². The molecule has 0 radical (unpaired) electrons. The molecule has 12 heteroatoms. The maximum absolute atomic E-state index is 15.2. The summed E-state index contributed by atoms with van der Waals surface area (Å²) in [4.78, 5) is 40.8. The van der Waals surface area contributed by atoms with Crippen LogP contribution in [-0.4, -0.2) is 53.7 Å². The summed E-state index contributed by atoms with van der Waals surface area (Å²) >= 11 is 0. The van der Waals surface area contributed by atoms with Gasteiger partial charge in [-0.3, -0.25) is 9.59 Å². The van der Waals surface area contributed by atoms with E-state index in [-0.39, 0.29) is 45.2 Å². The summed E-state index contributed by atoms with van der Waals surface area (Å²) in [7, 11) is 0. The molecule has 0 spiro atoms. The molecule has 0 unspecified atom stereocenters. The molecule has 7 rings (SSSR count). The number of anilines is 1. The Labute approximate surface area is 254 Å². The monoisotopic (exact) mass is 613 g/mol. The van der Waals surface area contributed by atoms with E-state index in [1.165, 1.54) is 24.4 Å². The smallest absolute Gasteiger partial charge is 0.346 e. The van der Waals surface area contributed by atoms with Crippen LogP contribution in [0.15, 0.2) is 74.8 Å². The number of aromatic hydroxyl groups is 2. The number of aromatic nitrogens is 1. The minimum atomic E-state index is -0.885. The third-order valence-electron chi connectivity index (χ3n) is 8.07. The van der Waals surface area contributed by atoms with Gasteiger partial charge in [0, 0.05) is 67.6 Å². The molecular weight excluding hydrogens is 585 g/mol. The quantitative estimate of drug-likeness (QED) is 0.180. The molecule has 0 atom stereocenters. The Morgan fingerprint density at radius 3 is 2.51 bits per heavy atom. The van der Waals surface area contributed by atoms with E-state index in [4.69, 9.17) is 13.9 Å². The highest BCUT2D eigenvalue weighted by molar-refractivity contribution is 5.94. The third kappa shape index (κ3) is 5.44. The van der Waals surface area contributed by atoms with Crippen LogP contribution in [0.25, 0.3) is 33.2 Å². The molecule has 0 amide bonds. The van der Waals surface area contributed by atoms with Crippen LogP contribution < -0.4 is 25.8 Å². The van der Waals surface area contributed by atoms with Gasteiger partial charge in [-0.25, -0.2) is 9.18 Å². The number of rotatable bonds is 7.